The summed E-state index contributed by atoms with van der Waals surface area (Å²) >= 11 is 1.32. The van der Waals surface area contributed by atoms with Crippen molar-refractivity contribution in [1.82, 2.24) is 14.8 Å². The molecule has 2 rings (SSSR count). The van der Waals surface area contributed by atoms with Crippen LogP contribution in [0.2, 0.25) is 0 Å². The van der Waals surface area contributed by atoms with Crippen molar-refractivity contribution in [2.24, 2.45) is 0 Å². The molecule has 0 aliphatic carbocycles. The van der Waals surface area contributed by atoms with Crippen molar-refractivity contribution in [2.45, 2.75) is 58.0 Å². The van der Waals surface area contributed by atoms with Crippen LogP contribution in [0.15, 0.2) is 22.1 Å². The zero-order valence-corrected chi connectivity index (χ0v) is 15.1. The van der Waals surface area contributed by atoms with Crippen molar-refractivity contribution in [3.05, 3.63) is 44.9 Å². The topological polar surface area (TPSA) is 67.8 Å². The van der Waals surface area contributed by atoms with Crippen LogP contribution in [0.3, 0.4) is 0 Å². The fourth-order valence-corrected chi connectivity index (χ4v) is 3.42. The number of carbonyl (C=O) groups is 1. The molecule has 0 saturated heterocycles. The van der Waals surface area contributed by atoms with Crippen LogP contribution in [0.5, 0.6) is 0 Å². The molecule has 1 unspecified atom stereocenters. The van der Waals surface area contributed by atoms with E-state index < -0.39 is 0 Å². The Morgan fingerprint density at radius 2 is 1.91 bits per heavy atom. The van der Waals surface area contributed by atoms with Crippen LogP contribution in [0.4, 0.5) is 0 Å². The van der Waals surface area contributed by atoms with E-state index in [1.807, 2.05) is 46.8 Å². The summed E-state index contributed by atoms with van der Waals surface area (Å²) in [6, 6.07) is 4.00. The number of aromatic amines is 1. The predicted octanol–water partition coefficient (Wildman–Crippen LogP) is 3.27. The number of aromatic nitrogens is 3. The second-order valence-corrected chi connectivity index (χ2v) is 7.15. The molecule has 1 N–H and O–H groups in total. The summed E-state index contributed by atoms with van der Waals surface area (Å²) in [7, 11) is 0. The number of carbonyl (C=O) groups excluding carboxylic acids is 1. The summed E-state index contributed by atoms with van der Waals surface area (Å²) in [5.74, 6) is 0.0640. The second kappa shape index (κ2) is 7.17. The molecule has 0 fully saturated rings. The third-order valence-corrected chi connectivity index (χ3v) is 5.02. The van der Waals surface area contributed by atoms with Gasteiger partial charge < -0.3 is 0 Å². The highest BCUT2D eigenvalue weighted by atomic mass is 32.2. The molecule has 1 aromatic carbocycles. The number of thioether (sulfide) groups is 1. The number of hydrogen-bond acceptors (Lipinski definition) is 4. The molecule has 0 spiro atoms. The van der Waals surface area contributed by atoms with Gasteiger partial charge in [-0.15, -0.1) is 5.10 Å². The van der Waals surface area contributed by atoms with Crippen molar-refractivity contribution in [2.75, 3.05) is 0 Å². The number of nitrogens with one attached hydrogen (secondary N) is 1. The molecule has 0 aliphatic heterocycles. The van der Waals surface area contributed by atoms with Crippen LogP contribution in [-0.4, -0.2) is 25.8 Å². The molecule has 23 heavy (non-hydrogen) atoms. The average Bonchev–Trinajstić information content (AvgIpc) is 2.83. The first-order chi connectivity index (χ1) is 10.8. The maximum Gasteiger partial charge on any atom is 0.343 e. The average molecular weight is 333 g/mol. The largest absolute Gasteiger partial charge is 0.343 e. The standard InChI is InChI=1S/C17H23N3O2S/c1-6-7-20-16(22)18-19-17(20)23-13(5)15(21)14-9-11(3)10(2)8-12(14)4/h8-9,13H,6-7H2,1-5H3,(H,18,22). The summed E-state index contributed by atoms with van der Waals surface area (Å²) in [4.78, 5) is 24.5. The second-order valence-electron chi connectivity index (χ2n) is 5.84. The number of aryl methyl sites for hydroxylation is 3. The molecule has 0 bridgehead atoms. The van der Waals surface area contributed by atoms with E-state index in [4.69, 9.17) is 0 Å². The van der Waals surface area contributed by atoms with Crippen LogP contribution in [0.25, 0.3) is 0 Å². The summed E-state index contributed by atoms with van der Waals surface area (Å²) < 4.78 is 1.59. The van der Waals surface area contributed by atoms with Gasteiger partial charge in [-0.2, -0.15) is 0 Å². The van der Waals surface area contributed by atoms with Gasteiger partial charge in [0.15, 0.2) is 10.9 Å². The van der Waals surface area contributed by atoms with Gasteiger partial charge in [-0.1, -0.05) is 24.8 Å². The van der Waals surface area contributed by atoms with Gasteiger partial charge in [-0.3, -0.25) is 9.36 Å². The Bertz CT molecular complexity index is 777. The van der Waals surface area contributed by atoms with Gasteiger partial charge in [0, 0.05) is 12.1 Å². The Morgan fingerprint density at radius 3 is 2.57 bits per heavy atom. The minimum atomic E-state index is -0.304. The van der Waals surface area contributed by atoms with E-state index in [-0.39, 0.29) is 16.7 Å². The number of H-pyrrole nitrogens is 1. The Kier molecular flexibility index (Phi) is 5.46. The molecule has 1 heterocycles. The monoisotopic (exact) mass is 333 g/mol. The van der Waals surface area contributed by atoms with E-state index >= 15 is 0 Å². The lowest BCUT2D eigenvalue weighted by molar-refractivity contribution is 0.0993. The maximum absolute atomic E-state index is 12.8. The van der Waals surface area contributed by atoms with E-state index in [0.29, 0.717) is 11.7 Å². The van der Waals surface area contributed by atoms with E-state index in [9.17, 15) is 9.59 Å². The number of rotatable bonds is 6. The van der Waals surface area contributed by atoms with Gasteiger partial charge in [-0.05, 0) is 56.9 Å². The maximum atomic E-state index is 12.8. The molecule has 5 nitrogen and oxygen atoms in total. The lowest BCUT2D eigenvalue weighted by Gasteiger charge is -2.14. The molecule has 1 atom stereocenters. The van der Waals surface area contributed by atoms with E-state index in [0.717, 1.165) is 23.1 Å². The number of Topliss-reactive ketones (excluding diaryl/α,β-unsaturated/α-hetero) is 1. The Hall–Kier alpha value is -1.82. The smallest absolute Gasteiger partial charge is 0.293 e. The summed E-state index contributed by atoms with van der Waals surface area (Å²) in [5.41, 5.74) is 3.80. The first-order valence-corrected chi connectivity index (χ1v) is 8.67. The molecule has 124 valence electrons. The molecule has 2 aromatic rings. The van der Waals surface area contributed by atoms with Crippen LogP contribution >= 0.6 is 11.8 Å². The van der Waals surface area contributed by atoms with Gasteiger partial charge in [0.25, 0.3) is 0 Å². The third-order valence-electron chi connectivity index (χ3n) is 3.93. The lowest BCUT2D eigenvalue weighted by atomic mass is 9.97. The van der Waals surface area contributed by atoms with Gasteiger partial charge in [0.05, 0.1) is 5.25 Å². The molecule has 0 saturated carbocycles. The van der Waals surface area contributed by atoms with E-state index in [1.54, 1.807) is 4.57 Å². The minimum Gasteiger partial charge on any atom is -0.293 e. The predicted molar refractivity (Wildman–Crippen MR) is 93.4 cm³/mol. The molecule has 6 heteroatoms. The van der Waals surface area contributed by atoms with Crippen LogP contribution in [-0.2, 0) is 6.54 Å². The van der Waals surface area contributed by atoms with Crippen molar-refractivity contribution in [1.29, 1.82) is 0 Å². The number of ketones is 1. The highest BCUT2D eigenvalue weighted by Crippen LogP contribution is 2.25. The fourth-order valence-electron chi connectivity index (χ4n) is 2.47. The zero-order valence-electron chi connectivity index (χ0n) is 14.3. The molecular formula is C17H23N3O2S. The minimum absolute atomic E-state index is 0.0640. The van der Waals surface area contributed by atoms with Crippen molar-refractivity contribution in [3.8, 4) is 0 Å². The highest BCUT2D eigenvalue weighted by Gasteiger charge is 2.21. The number of nitrogens with zero attached hydrogens (tertiary/aromatic N) is 2. The SMILES string of the molecule is CCCn1c(SC(C)C(=O)c2cc(C)c(C)cc2C)n[nH]c1=O. The lowest BCUT2D eigenvalue weighted by Crippen LogP contribution is -2.20. The van der Waals surface area contributed by atoms with Gasteiger partial charge in [-0.25, -0.2) is 9.89 Å². The summed E-state index contributed by atoms with van der Waals surface area (Å²) in [5, 5.41) is 6.76. The third kappa shape index (κ3) is 3.75. The van der Waals surface area contributed by atoms with Crippen LogP contribution < -0.4 is 5.69 Å². The Balaban J connectivity index is 2.24. The van der Waals surface area contributed by atoms with Crippen LogP contribution in [0.1, 0.15) is 47.3 Å². The molecule has 1 aromatic heterocycles. The fraction of sp³-hybridized carbons (Fsp3) is 0.471. The first kappa shape index (κ1) is 17.5. The summed E-state index contributed by atoms with van der Waals surface area (Å²) in [6.07, 6.45) is 0.839. The van der Waals surface area contributed by atoms with Gasteiger partial charge in [0.2, 0.25) is 0 Å². The molecular weight excluding hydrogens is 310 g/mol. The number of hydrogen-bond donors (Lipinski definition) is 1. The van der Waals surface area contributed by atoms with Crippen LogP contribution in [0, 0.1) is 20.8 Å². The Morgan fingerprint density at radius 1 is 1.26 bits per heavy atom. The van der Waals surface area contributed by atoms with Crippen molar-refractivity contribution in [3.63, 3.8) is 0 Å². The van der Waals surface area contributed by atoms with Crippen molar-refractivity contribution < 1.29 is 4.79 Å². The normalized spacial score (nSPS) is 12.4. The Labute approximate surface area is 140 Å². The molecule has 0 radical (unpaired) electrons. The highest BCUT2D eigenvalue weighted by molar-refractivity contribution is 8.00. The van der Waals surface area contributed by atoms with Gasteiger partial charge >= 0.3 is 5.69 Å². The zero-order chi connectivity index (χ0) is 17.1. The van der Waals surface area contributed by atoms with Crippen molar-refractivity contribution >= 4 is 17.5 Å². The van der Waals surface area contributed by atoms with E-state index in [2.05, 4.69) is 10.2 Å². The summed E-state index contributed by atoms with van der Waals surface area (Å²) in [6.45, 7) is 10.5. The molecule has 0 aliphatic rings. The molecule has 0 amide bonds. The quantitative estimate of drug-likeness (QED) is 0.651. The van der Waals surface area contributed by atoms with E-state index in [1.165, 1.54) is 17.3 Å². The van der Waals surface area contributed by atoms with Gasteiger partial charge in [0.1, 0.15) is 0 Å². The number of benzene rings is 1. The first-order valence-electron chi connectivity index (χ1n) is 7.79.